The van der Waals surface area contributed by atoms with E-state index in [9.17, 15) is 0 Å². The van der Waals surface area contributed by atoms with Crippen LogP contribution >= 0.6 is 0 Å². The third kappa shape index (κ3) is 0.883. The lowest BCUT2D eigenvalue weighted by Gasteiger charge is -1.99. The molecule has 0 amide bonds. The fourth-order valence-electron chi connectivity index (χ4n) is 2.26. The molecule has 2 heteroatoms. The van der Waals surface area contributed by atoms with Gasteiger partial charge in [-0.1, -0.05) is 42.6 Å². The molecule has 0 spiro atoms. The summed E-state index contributed by atoms with van der Waals surface area (Å²) >= 11 is 0. The SMILES string of the molecule is CB1c2ccccc2-c2cccnc21. The van der Waals surface area contributed by atoms with E-state index in [0.717, 1.165) is 0 Å². The summed E-state index contributed by atoms with van der Waals surface area (Å²) in [6, 6.07) is 12.7. The van der Waals surface area contributed by atoms with Gasteiger partial charge in [0.1, 0.15) is 0 Å². The number of benzene rings is 1. The predicted octanol–water partition coefficient (Wildman–Crippen LogP) is 1.30. The zero-order valence-electron chi connectivity index (χ0n) is 8.07. The number of aromatic nitrogens is 1. The Bertz CT molecular complexity index is 448. The Morgan fingerprint density at radius 1 is 1.00 bits per heavy atom. The Balaban J connectivity index is 2.36. The van der Waals surface area contributed by atoms with Gasteiger partial charge in [0.05, 0.1) is 0 Å². The molecule has 2 heterocycles. The zero-order chi connectivity index (χ0) is 9.54. The first-order chi connectivity index (χ1) is 6.88. The van der Waals surface area contributed by atoms with Crippen molar-refractivity contribution in [3.8, 4) is 11.1 Å². The van der Waals surface area contributed by atoms with Crippen LogP contribution in [0.4, 0.5) is 0 Å². The molecule has 0 radical (unpaired) electrons. The standard InChI is InChI=1S/C12H10BN/c1-13-11-7-3-2-5-9(11)10-6-4-8-14-12(10)13/h2-8H,1H3. The van der Waals surface area contributed by atoms with Crippen molar-refractivity contribution in [2.24, 2.45) is 0 Å². The lowest BCUT2D eigenvalue weighted by Crippen LogP contribution is -2.36. The molecule has 0 aliphatic carbocycles. The van der Waals surface area contributed by atoms with Gasteiger partial charge in [0.15, 0.2) is 0 Å². The fraction of sp³-hybridized carbons (Fsp3) is 0.0833. The average Bonchev–Trinajstić information content (AvgIpc) is 2.55. The number of hydrogen-bond donors (Lipinski definition) is 0. The van der Waals surface area contributed by atoms with Crippen LogP contribution < -0.4 is 11.1 Å². The Hall–Kier alpha value is -1.57. The Morgan fingerprint density at radius 2 is 1.79 bits per heavy atom. The molecule has 3 rings (SSSR count). The van der Waals surface area contributed by atoms with Gasteiger partial charge in [-0.25, -0.2) is 0 Å². The van der Waals surface area contributed by atoms with E-state index in [0.29, 0.717) is 6.71 Å². The number of rotatable bonds is 0. The van der Waals surface area contributed by atoms with Gasteiger partial charge in [0, 0.05) is 11.8 Å². The summed E-state index contributed by atoms with van der Waals surface area (Å²) in [6.07, 6.45) is 1.88. The maximum Gasteiger partial charge on any atom is 0.231 e. The fourth-order valence-corrected chi connectivity index (χ4v) is 2.26. The molecule has 0 saturated carbocycles. The molecule has 1 aromatic carbocycles. The molecule has 0 saturated heterocycles. The van der Waals surface area contributed by atoms with Gasteiger partial charge in [-0.3, -0.25) is 4.98 Å². The Morgan fingerprint density at radius 3 is 2.71 bits per heavy atom. The van der Waals surface area contributed by atoms with Gasteiger partial charge in [0.25, 0.3) is 0 Å². The van der Waals surface area contributed by atoms with Gasteiger partial charge in [-0.15, -0.1) is 0 Å². The molecule has 2 aromatic rings. The minimum absolute atomic E-state index is 0.447. The van der Waals surface area contributed by atoms with E-state index in [2.05, 4.69) is 42.1 Å². The molecule has 1 aromatic heterocycles. The van der Waals surface area contributed by atoms with Crippen LogP contribution in [0.25, 0.3) is 11.1 Å². The third-order valence-corrected chi connectivity index (χ3v) is 2.97. The second-order valence-corrected chi connectivity index (χ2v) is 3.75. The first-order valence-electron chi connectivity index (χ1n) is 4.92. The average molecular weight is 179 g/mol. The first kappa shape index (κ1) is 7.80. The molecule has 0 fully saturated rings. The molecule has 0 bridgehead atoms. The quantitative estimate of drug-likeness (QED) is 0.555. The summed E-state index contributed by atoms with van der Waals surface area (Å²) in [5.74, 6) is 0. The highest BCUT2D eigenvalue weighted by Crippen LogP contribution is 2.20. The highest BCUT2D eigenvalue weighted by atomic mass is 14.7. The molecule has 0 N–H and O–H groups in total. The summed E-state index contributed by atoms with van der Waals surface area (Å²) in [4.78, 5) is 4.46. The molecular weight excluding hydrogens is 169 g/mol. The number of hydrogen-bond acceptors (Lipinski definition) is 1. The van der Waals surface area contributed by atoms with Crippen molar-refractivity contribution >= 4 is 17.8 Å². The number of pyridine rings is 1. The van der Waals surface area contributed by atoms with Crippen molar-refractivity contribution in [3.05, 3.63) is 42.6 Å². The topological polar surface area (TPSA) is 12.9 Å². The van der Waals surface area contributed by atoms with Crippen molar-refractivity contribution in [1.82, 2.24) is 4.98 Å². The molecule has 1 aliphatic heterocycles. The monoisotopic (exact) mass is 179 g/mol. The van der Waals surface area contributed by atoms with Crippen molar-refractivity contribution in [2.45, 2.75) is 6.82 Å². The normalized spacial score (nSPS) is 12.5. The zero-order valence-corrected chi connectivity index (χ0v) is 8.07. The highest BCUT2D eigenvalue weighted by molar-refractivity contribution is 6.87. The van der Waals surface area contributed by atoms with E-state index in [1.54, 1.807) is 0 Å². The van der Waals surface area contributed by atoms with E-state index >= 15 is 0 Å². The Kier molecular flexibility index (Phi) is 1.51. The lowest BCUT2D eigenvalue weighted by molar-refractivity contribution is 1.39. The third-order valence-electron chi connectivity index (χ3n) is 2.97. The van der Waals surface area contributed by atoms with Gasteiger partial charge < -0.3 is 0 Å². The van der Waals surface area contributed by atoms with E-state index in [1.807, 2.05) is 12.3 Å². The van der Waals surface area contributed by atoms with Crippen molar-refractivity contribution in [3.63, 3.8) is 0 Å². The van der Waals surface area contributed by atoms with Crippen molar-refractivity contribution in [2.75, 3.05) is 0 Å². The van der Waals surface area contributed by atoms with Crippen molar-refractivity contribution < 1.29 is 0 Å². The van der Waals surface area contributed by atoms with Gasteiger partial charge in [-0.2, -0.15) is 0 Å². The number of fused-ring (bicyclic) bond motifs is 3. The van der Waals surface area contributed by atoms with E-state index in [4.69, 9.17) is 0 Å². The van der Waals surface area contributed by atoms with Crippen LogP contribution in [0.2, 0.25) is 6.82 Å². The summed E-state index contributed by atoms with van der Waals surface area (Å²) < 4.78 is 0. The molecule has 1 nitrogen and oxygen atoms in total. The van der Waals surface area contributed by atoms with E-state index < -0.39 is 0 Å². The maximum atomic E-state index is 4.46. The van der Waals surface area contributed by atoms with E-state index in [1.165, 1.54) is 22.2 Å². The van der Waals surface area contributed by atoms with Crippen LogP contribution in [-0.4, -0.2) is 11.7 Å². The first-order valence-corrected chi connectivity index (χ1v) is 4.92. The maximum absolute atomic E-state index is 4.46. The van der Waals surface area contributed by atoms with Crippen LogP contribution in [0.3, 0.4) is 0 Å². The minimum Gasteiger partial charge on any atom is -0.270 e. The second kappa shape index (κ2) is 2.71. The molecule has 0 atom stereocenters. The molecular formula is C12H10BN. The molecule has 0 unspecified atom stereocenters. The summed E-state index contributed by atoms with van der Waals surface area (Å²) in [7, 11) is 0. The van der Waals surface area contributed by atoms with E-state index in [-0.39, 0.29) is 0 Å². The Labute approximate surface area is 83.9 Å². The number of nitrogens with zero attached hydrogens (tertiary/aromatic N) is 1. The summed E-state index contributed by atoms with van der Waals surface area (Å²) in [5, 5.41) is 0. The van der Waals surface area contributed by atoms with Crippen LogP contribution in [0, 0.1) is 0 Å². The van der Waals surface area contributed by atoms with Crippen LogP contribution in [0.1, 0.15) is 0 Å². The smallest absolute Gasteiger partial charge is 0.231 e. The predicted molar refractivity (Wildman–Crippen MR) is 60.6 cm³/mol. The molecule has 14 heavy (non-hydrogen) atoms. The molecule has 1 aliphatic rings. The summed E-state index contributed by atoms with van der Waals surface area (Å²) in [6.45, 7) is 2.67. The highest BCUT2D eigenvalue weighted by Gasteiger charge is 2.28. The van der Waals surface area contributed by atoms with Gasteiger partial charge in [-0.05, 0) is 17.2 Å². The van der Waals surface area contributed by atoms with Gasteiger partial charge >= 0.3 is 0 Å². The van der Waals surface area contributed by atoms with Crippen LogP contribution in [-0.2, 0) is 0 Å². The van der Waals surface area contributed by atoms with Gasteiger partial charge in [0.2, 0.25) is 6.71 Å². The summed E-state index contributed by atoms with van der Waals surface area (Å²) in [5.41, 5.74) is 5.27. The lowest BCUT2D eigenvalue weighted by atomic mass is 9.47. The van der Waals surface area contributed by atoms with Crippen molar-refractivity contribution in [1.29, 1.82) is 0 Å². The van der Waals surface area contributed by atoms with Crippen LogP contribution in [0.5, 0.6) is 0 Å². The largest absolute Gasteiger partial charge is 0.270 e. The minimum atomic E-state index is 0.447. The molecule has 66 valence electrons. The van der Waals surface area contributed by atoms with Crippen LogP contribution in [0.15, 0.2) is 42.6 Å². The second-order valence-electron chi connectivity index (χ2n) is 3.75.